The van der Waals surface area contributed by atoms with Gasteiger partial charge in [-0.15, -0.1) is 11.6 Å². The average molecular weight is 214 g/mol. The predicted molar refractivity (Wildman–Crippen MR) is 55.6 cm³/mol. The highest BCUT2D eigenvalue weighted by Gasteiger charge is 2.19. The first-order chi connectivity index (χ1) is 6.70. The van der Waals surface area contributed by atoms with Gasteiger partial charge in [-0.1, -0.05) is 18.2 Å². The van der Waals surface area contributed by atoms with E-state index in [9.17, 15) is 4.79 Å². The number of hydrogen-bond donors (Lipinski definition) is 1. The molecule has 1 aromatic rings. The lowest BCUT2D eigenvalue weighted by Crippen LogP contribution is -2.23. The highest BCUT2D eigenvalue weighted by Crippen LogP contribution is 2.26. The molecule has 0 bridgehead atoms. The topological polar surface area (TPSA) is 52.3 Å². The Morgan fingerprint density at radius 3 is 2.71 bits per heavy atom. The molecule has 0 aliphatic carbocycles. The van der Waals surface area contributed by atoms with Gasteiger partial charge in [0.15, 0.2) is 0 Å². The number of para-hydroxylation sites is 1. The van der Waals surface area contributed by atoms with Crippen molar-refractivity contribution in [2.45, 2.75) is 5.92 Å². The van der Waals surface area contributed by atoms with Crippen molar-refractivity contribution >= 4 is 17.5 Å². The first-order valence-corrected chi connectivity index (χ1v) is 4.72. The number of rotatable bonds is 4. The molecule has 0 aromatic heterocycles. The lowest BCUT2D eigenvalue weighted by atomic mass is 9.99. The zero-order valence-electron chi connectivity index (χ0n) is 7.87. The van der Waals surface area contributed by atoms with Gasteiger partial charge in [-0.25, -0.2) is 0 Å². The predicted octanol–water partition coefficient (Wildman–Crippen LogP) is 1.50. The lowest BCUT2D eigenvalue weighted by molar-refractivity contribution is -0.119. The summed E-state index contributed by atoms with van der Waals surface area (Å²) in [6, 6.07) is 7.21. The van der Waals surface area contributed by atoms with Gasteiger partial charge in [0.1, 0.15) is 5.75 Å². The summed E-state index contributed by atoms with van der Waals surface area (Å²) < 4.78 is 5.11. The molecule has 14 heavy (non-hydrogen) atoms. The van der Waals surface area contributed by atoms with E-state index in [0.29, 0.717) is 5.75 Å². The largest absolute Gasteiger partial charge is 0.496 e. The number of hydrogen-bond acceptors (Lipinski definition) is 2. The number of nitrogens with two attached hydrogens (primary N) is 1. The van der Waals surface area contributed by atoms with Crippen LogP contribution in [0.25, 0.3) is 0 Å². The van der Waals surface area contributed by atoms with Crippen LogP contribution < -0.4 is 10.5 Å². The second kappa shape index (κ2) is 4.86. The molecule has 1 atom stereocenters. The van der Waals surface area contributed by atoms with Crippen molar-refractivity contribution in [2.24, 2.45) is 5.73 Å². The standard InChI is InChI=1S/C10H12ClNO2/c1-14-9-5-3-2-4-7(9)8(6-11)10(12)13/h2-5,8H,6H2,1H3,(H2,12,13). The minimum Gasteiger partial charge on any atom is -0.496 e. The van der Waals surface area contributed by atoms with Crippen LogP contribution in [-0.4, -0.2) is 18.9 Å². The molecule has 1 unspecified atom stereocenters. The Labute approximate surface area is 87.8 Å². The molecule has 1 aromatic carbocycles. The molecule has 0 aliphatic heterocycles. The van der Waals surface area contributed by atoms with Crippen LogP contribution >= 0.6 is 11.6 Å². The van der Waals surface area contributed by atoms with Gasteiger partial charge in [0, 0.05) is 11.4 Å². The van der Waals surface area contributed by atoms with Crippen molar-refractivity contribution in [1.82, 2.24) is 0 Å². The van der Waals surface area contributed by atoms with Crippen LogP contribution in [0.5, 0.6) is 5.75 Å². The molecule has 4 heteroatoms. The summed E-state index contributed by atoms with van der Waals surface area (Å²) in [6.07, 6.45) is 0. The van der Waals surface area contributed by atoms with Gasteiger partial charge >= 0.3 is 0 Å². The maximum Gasteiger partial charge on any atom is 0.226 e. The van der Waals surface area contributed by atoms with E-state index < -0.39 is 11.8 Å². The van der Waals surface area contributed by atoms with E-state index in [-0.39, 0.29) is 5.88 Å². The van der Waals surface area contributed by atoms with Gasteiger partial charge in [0.25, 0.3) is 0 Å². The highest BCUT2D eigenvalue weighted by atomic mass is 35.5. The van der Waals surface area contributed by atoms with Crippen LogP contribution in [0.1, 0.15) is 11.5 Å². The summed E-state index contributed by atoms with van der Waals surface area (Å²) in [7, 11) is 1.55. The summed E-state index contributed by atoms with van der Waals surface area (Å²) in [5.41, 5.74) is 5.96. The van der Waals surface area contributed by atoms with Crippen LogP contribution in [0, 0.1) is 0 Å². The smallest absolute Gasteiger partial charge is 0.226 e. The Kier molecular flexibility index (Phi) is 3.77. The van der Waals surface area contributed by atoms with Crippen molar-refractivity contribution in [2.75, 3.05) is 13.0 Å². The number of carbonyl (C=O) groups excluding carboxylic acids is 1. The van der Waals surface area contributed by atoms with Crippen LogP contribution in [0.2, 0.25) is 0 Å². The van der Waals surface area contributed by atoms with E-state index in [1.54, 1.807) is 19.2 Å². The summed E-state index contributed by atoms with van der Waals surface area (Å²) in [4.78, 5) is 11.1. The third kappa shape index (κ3) is 2.17. The van der Waals surface area contributed by atoms with E-state index in [2.05, 4.69) is 0 Å². The van der Waals surface area contributed by atoms with Gasteiger partial charge in [-0.05, 0) is 6.07 Å². The molecule has 0 spiro atoms. The number of halogens is 1. The fraction of sp³-hybridized carbons (Fsp3) is 0.300. The summed E-state index contributed by atoms with van der Waals surface area (Å²) in [6.45, 7) is 0. The van der Waals surface area contributed by atoms with E-state index >= 15 is 0 Å². The number of alkyl halides is 1. The number of methoxy groups -OCH3 is 1. The first-order valence-electron chi connectivity index (χ1n) is 4.19. The molecule has 1 amide bonds. The molecule has 0 heterocycles. The fourth-order valence-corrected chi connectivity index (χ4v) is 1.59. The summed E-state index contributed by atoms with van der Waals surface area (Å²) >= 11 is 5.67. The maximum absolute atomic E-state index is 11.1. The number of carbonyl (C=O) groups is 1. The Morgan fingerprint density at radius 1 is 1.57 bits per heavy atom. The molecule has 0 saturated heterocycles. The Bertz CT molecular complexity index is 328. The van der Waals surface area contributed by atoms with Gasteiger partial charge in [0.05, 0.1) is 13.0 Å². The van der Waals surface area contributed by atoms with Crippen molar-refractivity contribution in [3.8, 4) is 5.75 Å². The second-order valence-electron chi connectivity index (χ2n) is 2.85. The van der Waals surface area contributed by atoms with E-state index in [1.165, 1.54) is 0 Å². The highest BCUT2D eigenvalue weighted by molar-refractivity contribution is 6.20. The van der Waals surface area contributed by atoms with E-state index in [1.807, 2.05) is 12.1 Å². The van der Waals surface area contributed by atoms with Crippen LogP contribution in [-0.2, 0) is 4.79 Å². The van der Waals surface area contributed by atoms with Crippen molar-refractivity contribution in [3.63, 3.8) is 0 Å². The average Bonchev–Trinajstić information content (AvgIpc) is 2.19. The van der Waals surface area contributed by atoms with Crippen LogP contribution in [0.4, 0.5) is 0 Å². The lowest BCUT2D eigenvalue weighted by Gasteiger charge is -2.13. The van der Waals surface area contributed by atoms with Gasteiger partial charge in [0.2, 0.25) is 5.91 Å². The maximum atomic E-state index is 11.1. The zero-order chi connectivity index (χ0) is 10.6. The Morgan fingerprint density at radius 2 is 2.21 bits per heavy atom. The Hall–Kier alpha value is -1.22. The molecule has 2 N–H and O–H groups in total. The molecule has 0 aliphatic rings. The van der Waals surface area contributed by atoms with Gasteiger partial charge < -0.3 is 10.5 Å². The van der Waals surface area contributed by atoms with Gasteiger partial charge in [-0.3, -0.25) is 4.79 Å². The van der Waals surface area contributed by atoms with Gasteiger partial charge in [-0.2, -0.15) is 0 Å². The summed E-state index contributed by atoms with van der Waals surface area (Å²) in [5, 5.41) is 0. The van der Waals surface area contributed by atoms with Crippen LogP contribution in [0.15, 0.2) is 24.3 Å². The molecular formula is C10H12ClNO2. The SMILES string of the molecule is COc1ccccc1C(CCl)C(N)=O. The minimum atomic E-state index is -0.493. The molecule has 0 saturated carbocycles. The minimum absolute atomic E-state index is 0.162. The quantitative estimate of drug-likeness (QED) is 0.771. The van der Waals surface area contributed by atoms with Crippen molar-refractivity contribution in [1.29, 1.82) is 0 Å². The molecule has 0 radical (unpaired) electrons. The summed E-state index contributed by atoms with van der Waals surface area (Å²) in [5.74, 6) is -0.135. The third-order valence-electron chi connectivity index (χ3n) is 2.01. The first kappa shape index (κ1) is 10.9. The molecule has 1 rings (SSSR count). The Balaban J connectivity index is 3.08. The van der Waals surface area contributed by atoms with E-state index in [4.69, 9.17) is 22.1 Å². The zero-order valence-corrected chi connectivity index (χ0v) is 8.62. The third-order valence-corrected chi connectivity index (χ3v) is 2.32. The van der Waals surface area contributed by atoms with Crippen LogP contribution in [0.3, 0.4) is 0 Å². The molecule has 76 valence electrons. The molecular weight excluding hydrogens is 202 g/mol. The van der Waals surface area contributed by atoms with E-state index in [0.717, 1.165) is 5.56 Å². The molecule has 0 fully saturated rings. The van der Waals surface area contributed by atoms with Crippen molar-refractivity contribution < 1.29 is 9.53 Å². The fourth-order valence-electron chi connectivity index (χ4n) is 1.27. The monoisotopic (exact) mass is 213 g/mol. The molecule has 3 nitrogen and oxygen atoms in total. The number of ether oxygens (including phenoxy) is 1. The normalized spacial score (nSPS) is 12.1. The number of benzene rings is 1. The number of primary amides is 1. The van der Waals surface area contributed by atoms with Crippen molar-refractivity contribution in [3.05, 3.63) is 29.8 Å². The number of amides is 1. The second-order valence-corrected chi connectivity index (χ2v) is 3.16.